The van der Waals surface area contributed by atoms with E-state index in [9.17, 15) is 0 Å². The zero-order valence-corrected chi connectivity index (χ0v) is 12.5. The van der Waals surface area contributed by atoms with Gasteiger partial charge in [0.1, 0.15) is 0 Å². The van der Waals surface area contributed by atoms with Crippen LogP contribution in [0.2, 0.25) is 0 Å². The Morgan fingerprint density at radius 2 is 2.00 bits per heavy atom. The van der Waals surface area contributed by atoms with E-state index in [1.807, 2.05) is 11.8 Å². The van der Waals surface area contributed by atoms with Crippen LogP contribution in [0.25, 0.3) is 0 Å². The Bertz CT molecular complexity index is 409. The molecule has 94 valence electrons. The standard InChI is InChI=1S/C12H19BO2S2/c1-12(2)8-9-10(17(12,3)4)7-11(16-9)13-14-5-6-15-13/h7-8,11H,5-6H2,1-4H3. The van der Waals surface area contributed by atoms with Gasteiger partial charge in [0.25, 0.3) is 0 Å². The van der Waals surface area contributed by atoms with Crippen molar-refractivity contribution in [3.05, 3.63) is 22.0 Å². The van der Waals surface area contributed by atoms with Gasteiger partial charge in [-0.25, -0.2) is 10.0 Å². The molecule has 3 heterocycles. The van der Waals surface area contributed by atoms with Gasteiger partial charge in [-0.2, -0.15) is 0 Å². The molecule has 3 aliphatic heterocycles. The molecule has 0 radical (unpaired) electrons. The largest absolute Gasteiger partial charge is 0.475 e. The summed E-state index contributed by atoms with van der Waals surface area (Å²) in [5.41, 5.74) is 0. The molecule has 17 heavy (non-hydrogen) atoms. The minimum absolute atomic E-state index is 0.0303. The topological polar surface area (TPSA) is 18.5 Å². The number of hydrogen-bond acceptors (Lipinski definition) is 3. The zero-order valence-electron chi connectivity index (χ0n) is 10.9. The Balaban J connectivity index is 1.88. The molecule has 0 bridgehead atoms. The van der Waals surface area contributed by atoms with E-state index in [0.717, 1.165) is 13.2 Å². The normalized spacial score (nSPS) is 35.5. The van der Waals surface area contributed by atoms with Gasteiger partial charge in [-0.3, -0.25) is 0 Å². The van der Waals surface area contributed by atoms with Gasteiger partial charge >= 0.3 is 7.12 Å². The molecule has 0 aromatic rings. The van der Waals surface area contributed by atoms with Gasteiger partial charge in [-0.05, 0) is 26.4 Å². The Kier molecular flexibility index (Phi) is 2.75. The summed E-state index contributed by atoms with van der Waals surface area (Å²) in [6.07, 6.45) is 9.69. The van der Waals surface area contributed by atoms with Gasteiger partial charge in [-0.1, -0.05) is 12.2 Å². The second kappa shape index (κ2) is 3.83. The summed E-state index contributed by atoms with van der Waals surface area (Å²) in [4.78, 5) is 3.04. The Morgan fingerprint density at radius 3 is 2.59 bits per heavy atom. The lowest BCUT2D eigenvalue weighted by Crippen LogP contribution is -2.27. The fourth-order valence-electron chi connectivity index (χ4n) is 2.44. The van der Waals surface area contributed by atoms with Crippen molar-refractivity contribution in [1.82, 2.24) is 0 Å². The van der Waals surface area contributed by atoms with Crippen LogP contribution in [-0.2, 0) is 9.31 Å². The molecule has 0 saturated carbocycles. The minimum atomic E-state index is -0.728. The molecule has 1 saturated heterocycles. The first-order valence-corrected chi connectivity index (χ1v) is 9.33. The van der Waals surface area contributed by atoms with Gasteiger partial charge in [-0.15, -0.1) is 11.8 Å². The van der Waals surface area contributed by atoms with E-state index in [4.69, 9.17) is 9.31 Å². The molecule has 0 aromatic carbocycles. The molecule has 0 amide bonds. The van der Waals surface area contributed by atoms with E-state index in [1.165, 1.54) is 4.91 Å². The molecule has 0 aromatic heterocycles. The van der Waals surface area contributed by atoms with Crippen LogP contribution in [-0.4, -0.2) is 42.7 Å². The SMILES string of the molecule is CC1(C)C=C2SC(B3OCCO3)C=C2S1(C)C. The maximum Gasteiger partial charge on any atom is 0.475 e. The summed E-state index contributed by atoms with van der Waals surface area (Å²) in [6, 6.07) is 0. The van der Waals surface area contributed by atoms with E-state index in [1.54, 1.807) is 4.91 Å². The average molecular weight is 270 g/mol. The van der Waals surface area contributed by atoms with Crippen LogP contribution in [0.15, 0.2) is 22.0 Å². The molecule has 1 unspecified atom stereocenters. The highest BCUT2D eigenvalue weighted by Gasteiger charge is 2.48. The van der Waals surface area contributed by atoms with E-state index in [0.29, 0.717) is 9.90 Å². The molecule has 1 fully saturated rings. The zero-order chi connectivity index (χ0) is 12.3. The predicted octanol–water partition coefficient (Wildman–Crippen LogP) is 2.80. The predicted molar refractivity (Wildman–Crippen MR) is 78.7 cm³/mol. The average Bonchev–Trinajstić information content (AvgIpc) is 2.85. The van der Waals surface area contributed by atoms with Gasteiger partial charge in [0.2, 0.25) is 0 Å². The van der Waals surface area contributed by atoms with Crippen LogP contribution in [0.4, 0.5) is 0 Å². The highest BCUT2D eigenvalue weighted by atomic mass is 32.3. The fourth-order valence-corrected chi connectivity index (χ4v) is 6.71. The first-order valence-electron chi connectivity index (χ1n) is 6.00. The van der Waals surface area contributed by atoms with Crippen molar-refractivity contribution < 1.29 is 9.31 Å². The summed E-state index contributed by atoms with van der Waals surface area (Å²) >= 11 is 1.92. The van der Waals surface area contributed by atoms with Gasteiger partial charge in [0.05, 0.1) is 18.4 Å². The third-order valence-corrected chi connectivity index (χ3v) is 9.64. The van der Waals surface area contributed by atoms with Crippen molar-refractivity contribution in [2.45, 2.75) is 23.7 Å². The molecule has 3 rings (SSSR count). The lowest BCUT2D eigenvalue weighted by atomic mass is 9.84. The molecular weight excluding hydrogens is 251 g/mol. The Labute approximate surface area is 110 Å². The third-order valence-electron chi connectivity index (χ3n) is 4.08. The number of thioether (sulfide) groups is 1. The quantitative estimate of drug-likeness (QED) is 0.683. The maximum atomic E-state index is 5.62. The van der Waals surface area contributed by atoms with Crippen LogP contribution in [0.5, 0.6) is 0 Å². The summed E-state index contributed by atoms with van der Waals surface area (Å²) in [6.45, 7) is 6.19. The third kappa shape index (κ3) is 1.74. The van der Waals surface area contributed by atoms with Crippen LogP contribution in [0, 0.1) is 0 Å². The van der Waals surface area contributed by atoms with Crippen molar-refractivity contribution in [3.8, 4) is 0 Å². The molecule has 3 aliphatic rings. The van der Waals surface area contributed by atoms with Crippen LogP contribution in [0.1, 0.15) is 13.8 Å². The number of fused-ring (bicyclic) bond motifs is 1. The highest BCUT2D eigenvalue weighted by molar-refractivity contribution is 8.38. The first-order chi connectivity index (χ1) is 7.92. The summed E-state index contributed by atoms with van der Waals surface area (Å²) < 4.78 is 11.6. The van der Waals surface area contributed by atoms with Gasteiger partial charge in [0.15, 0.2) is 0 Å². The molecule has 5 heteroatoms. The Morgan fingerprint density at radius 1 is 1.35 bits per heavy atom. The van der Waals surface area contributed by atoms with Gasteiger partial charge < -0.3 is 9.31 Å². The Hall–Kier alpha value is 0.165. The van der Waals surface area contributed by atoms with Gasteiger partial charge in [0, 0.05) is 14.6 Å². The van der Waals surface area contributed by atoms with Crippen LogP contribution >= 0.6 is 21.8 Å². The maximum absolute atomic E-state index is 5.62. The highest BCUT2D eigenvalue weighted by Crippen LogP contribution is 2.71. The monoisotopic (exact) mass is 270 g/mol. The molecule has 2 nitrogen and oxygen atoms in total. The lowest BCUT2D eigenvalue weighted by Gasteiger charge is -2.41. The summed E-state index contributed by atoms with van der Waals surface area (Å²) in [5, 5.41) is 0.363. The lowest BCUT2D eigenvalue weighted by molar-refractivity contribution is 0.365. The van der Waals surface area contributed by atoms with Crippen molar-refractivity contribution in [2.24, 2.45) is 0 Å². The van der Waals surface area contributed by atoms with E-state index >= 15 is 0 Å². The van der Waals surface area contributed by atoms with E-state index in [2.05, 4.69) is 38.5 Å². The summed E-state index contributed by atoms with van der Waals surface area (Å²) in [7, 11) is -0.758. The second-order valence-corrected chi connectivity index (χ2v) is 11.0. The molecule has 0 spiro atoms. The van der Waals surface area contributed by atoms with Crippen LogP contribution in [0.3, 0.4) is 0 Å². The molecule has 0 N–H and O–H groups in total. The van der Waals surface area contributed by atoms with E-state index < -0.39 is 10.0 Å². The molecule has 0 aliphatic carbocycles. The van der Waals surface area contributed by atoms with Crippen molar-refractivity contribution in [1.29, 1.82) is 0 Å². The van der Waals surface area contributed by atoms with Crippen molar-refractivity contribution in [3.63, 3.8) is 0 Å². The smallest absolute Gasteiger partial charge is 0.408 e. The van der Waals surface area contributed by atoms with E-state index in [-0.39, 0.29) is 7.12 Å². The second-order valence-electron chi connectivity index (χ2n) is 5.66. The summed E-state index contributed by atoms with van der Waals surface area (Å²) in [5.74, 6) is 0. The fraction of sp³-hybridized carbons (Fsp3) is 0.667. The first kappa shape index (κ1) is 12.2. The number of hydrogen-bond donors (Lipinski definition) is 0. The minimum Gasteiger partial charge on any atom is -0.408 e. The molecule has 1 atom stereocenters. The molecular formula is C12H19BO2S2. The van der Waals surface area contributed by atoms with Crippen LogP contribution < -0.4 is 0 Å². The number of rotatable bonds is 1. The van der Waals surface area contributed by atoms with Crippen molar-refractivity contribution >= 4 is 28.9 Å². The van der Waals surface area contributed by atoms with Crippen molar-refractivity contribution in [2.75, 3.05) is 25.7 Å².